The van der Waals surface area contributed by atoms with Crippen LogP contribution in [0, 0.1) is 0 Å². The molecular formula is C13H18BrNO3. The Morgan fingerprint density at radius 3 is 2.83 bits per heavy atom. The van der Waals surface area contributed by atoms with Crippen molar-refractivity contribution in [2.75, 3.05) is 13.2 Å². The van der Waals surface area contributed by atoms with Crippen LogP contribution in [0.25, 0.3) is 0 Å². The number of hydrogen-bond acceptors (Lipinski definition) is 3. The predicted molar refractivity (Wildman–Crippen MR) is 73.9 cm³/mol. The van der Waals surface area contributed by atoms with E-state index in [0.29, 0.717) is 13.2 Å². The van der Waals surface area contributed by atoms with Gasteiger partial charge in [0.25, 0.3) is 0 Å². The van der Waals surface area contributed by atoms with Crippen molar-refractivity contribution >= 4 is 21.9 Å². The van der Waals surface area contributed by atoms with Crippen LogP contribution in [0.4, 0.5) is 0 Å². The van der Waals surface area contributed by atoms with Gasteiger partial charge in [-0.2, -0.15) is 0 Å². The summed E-state index contributed by atoms with van der Waals surface area (Å²) in [6, 6.07) is 5.03. The topological polar surface area (TPSA) is 58.6 Å². The third kappa shape index (κ3) is 4.76. The number of hydrogen-bond donors (Lipinski definition) is 2. The predicted octanol–water partition coefficient (Wildman–Crippen LogP) is 2.66. The first kappa shape index (κ1) is 15.1. The van der Waals surface area contributed by atoms with E-state index in [1.165, 1.54) is 0 Å². The molecule has 2 N–H and O–H groups in total. The van der Waals surface area contributed by atoms with Crippen molar-refractivity contribution in [2.45, 2.75) is 26.5 Å². The molecule has 0 spiro atoms. The zero-order valence-corrected chi connectivity index (χ0v) is 12.2. The second kappa shape index (κ2) is 7.51. The summed E-state index contributed by atoms with van der Waals surface area (Å²) < 4.78 is 6.21. The summed E-state index contributed by atoms with van der Waals surface area (Å²) >= 11 is 3.38. The maximum atomic E-state index is 10.8. The maximum absolute atomic E-state index is 10.8. The molecule has 1 atom stereocenters. The largest absolute Gasteiger partial charge is 0.478 e. The standard InChI is InChI=1S/C13H18BrNO3/c1-3-18-9(2)7-15-8-11-5-4-10(13(16)17)6-12(11)14/h4-6,9,15H,3,7-8H2,1-2H3,(H,16,17). The molecule has 1 aromatic rings. The van der Waals surface area contributed by atoms with Gasteiger partial charge in [-0.15, -0.1) is 0 Å². The normalized spacial score (nSPS) is 12.4. The third-order valence-corrected chi connectivity index (χ3v) is 3.24. The number of carboxylic acids is 1. The molecule has 18 heavy (non-hydrogen) atoms. The van der Waals surface area contributed by atoms with E-state index >= 15 is 0 Å². The van der Waals surface area contributed by atoms with Gasteiger partial charge >= 0.3 is 5.97 Å². The minimum atomic E-state index is -0.917. The fraction of sp³-hybridized carbons (Fsp3) is 0.462. The van der Waals surface area contributed by atoms with Gasteiger partial charge < -0.3 is 15.2 Å². The van der Waals surface area contributed by atoms with Crippen molar-refractivity contribution in [3.05, 3.63) is 33.8 Å². The van der Waals surface area contributed by atoms with Gasteiger partial charge in [0, 0.05) is 24.2 Å². The number of benzene rings is 1. The van der Waals surface area contributed by atoms with Crippen LogP contribution in [-0.4, -0.2) is 30.3 Å². The minimum absolute atomic E-state index is 0.173. The summed E-state index contributed by atoms with van der Waals surface area (Å²) in [5.74, 6) is -0.917. The van der Waals surface area contributed by atoms with E-state index in [-0.39, 0.29) is 11.7 Å². The molecule has 1 aromatic carbocycles. The van der Waals surface area contributed by atoms with E-state index in [4.69, 9.17) is 9.84 Å². The van der Waals surface area contributed by atoms with Crippen molar-refractivity contribution in [2.24, 2.45) is 0 Å². The molecule has 1 rings (SSSR count). The molecule has 0 aliphatic carbocycles. The average Bonchev–Trinajstić information content (AvgIpc) is 2.31. The van der Waals surface area contributed by atoms with Gasteiger partial charge in [0.15, 0.2) is 0 Å². The van der Waals surface area contributed by atoms with Gasteiger partial charge in [-0.05, 0) is 31.5 Å². The molecule has 0 aromatic heterocycles. The highest BCUT2D eigenvalue weighted by Gasteiger charge is 2.07. The summed E-state index contributed by atoms with van der Waals surface area (Å²) in [6.07, 6.45) is 0.173. The first-order valence-corrected chi connectivity index (χ1v) is 6.68. The van der Waals surface area contributed by atoms with Gasteiger partial charge in [0.05, 0.1) is 11.7 Å². The maximum Gasteiger partial charge on any atom is 0.335 e. The zero-order chi connectivity index (χ0) is 13.5. The highest BCUT2D eigenvalue weighted by atomic mass is 79.9. The molecule has 4 nitrogen and oxygen atoms in total. The molecule has 0 heterocycles. The smallest absolute Gasteiger partial charge is 0.335 e. The van der Waals surface area contributed by atoms with Crippen molar-refractivity contribution in [1.29, 1.82) is 0 Å². The zero-order valence-electron chi connectivity index (χ0n) is 10.6. The molecule has 5 heteroatoms. The number of rotatable bonds is 7. The van der Waals surface area contributed by atoms with Gasteiger partial charge in [0.1, 0.15) is 0 Å². The summed E-state index contributed by atoms with van der Waals surface area (Å²) in [5.41, 5.74) is 1.32. The SMILES string of the molecule is CCOC(C)CNCc1ccc(C(=O)O)cc1Br. The van der Waals surface area contributed by atoms with Crippen LogP contribution in [0.5, 0.6) is 0 Å². The second-order valence-corrected chi connectivity index (χ2v) is 4.86. The lowest BCUT2D eigenvalue weighted by atomic mass is 10.1. The van der Waals surface area contributed by atoms with Crippen LogP contribution in [0.3, 0.4) is 0 Å². The molecule has 0 amide bonds. The first-order chi connectivity index (χ1) is 8.54. The van der Waals surface area contributed by atoms with Gasteiger partial charge in [0.2, 0.25) is 0 Å². The Bertz CT molecular complexity index is 409. The molecule has 0 saturated heterocycles. The molecule has 0 fully saturated rings. The first-order valence-electron chi connectivity index (χ1n) is 5.88. The monoisotopic (exact) mass is 315 g/mol. The van der Waals surface area contributed by atoms with Crippen molar-refractivity contribution in [1.82, 2.24) is 5.32 Å². The molecule has 0 saturated carbocycles. The Balaban J connectivity index is 2.50. The van der Waals surface area contributed by atoms with Crippen molar-refractivity contribution in [3.8, 4) is 0 Å². The van der Waals surface area contributed by atoms with Gasteiger partial charge in [-0.1, -0.05) is 22.0 Å². The number of aromatic carboxylic acids is 1. The number of nitrogens with one attached hydrogen (secondary N) is 1. The van der Waals surface area contributed by atoms with Crippen molar-refractivity contribution in [3.63, 3.8) is 0 Å². The Morgan fingerprint density at radius 2 is 2.28 bits per heavy atom. The van der Waals surface area contributed by atoms with Crippen LogP contribution in [0.2, 0.25) is 0 Å². The van der Waals surface area contributed by atoms with Gasteiger partial charge in [-0.25, -0.2) is 4.79 Å². The molecule has 0 aliphatic heterocycles. The van der Waals surface area contributed by atoms with E-state index in [0.717, 1.165) is 16.6 Å². The Morgan fingerprint density at radius 1 is 1.56 bits per heavy atom. The lowest BCUT2D eigenvalue weighted by Gasteiger charge is -2.13. The Kier molecular flexibility index (Phi) is 6.32. The quantitative estimate of drug-likeness (QED) is 0.812. The van der Waals surface area contributed by atoms with E-state index in [9.17, 15) is 4.79 Å². The highest BCUT2D eigenvalue weighted by Crippen LogP contribution is 2.18. The Labute approximate surface area is 115 Å². The van der Waals surface area contributed by atoms with Crippen LogP contribution < -0.4 is 5.32 Å². The lowest BCUT2D eigenvalue weighted by molar-refractivity contribution is 0.0696. The molecular weight excluding hydrogens is 298 g/mol. The third-order valence-electron chi connectivity index (χ3n) is 2.50. The highest BCUT2D eigenvalue weighted by molar-refractivity contribution is 9.10. The summed E-state index contributed by atoms with van der Waals surface area (Å²) in [4.78, 5) is 10.8. The number of halogens is 1. The lowest BCUT2D eigenvalue weighted by Crippen LogP contribution is -2.26. The summed E-state index contributed by atoms with van der Waals surface area (Å²) in [7, 11) is 0. The van der Waals surface area contributed by atoms with Crippen LogP contribution in [0.1, 0.15) is 29.8 Å². The summed E-state index contributed by atoms with van der Waals surface area (Å²) in [6.45, 7) is 6.13. The number of carboxylic acid groups (broad SMARTS) is 1. The molecule has 0 aliphatic rings. The van der Waals surface area contributed by atoms with E-state index in [1.54, 1.807) is 12.1 Å². The second-order valence-electron chi connectivity index (χ2n) is 4.01. The minimum Gasteiger partial charge on any atom is -0.478 e. The van der Waals surface area contributed by atoms with E-state index in [2.05, 4.69) is 21.2 Å². The van der Waals surface area contributed by atoms with Crippen LogP contribution in [0.15, 0.2) is 22.7 Å². The Hall–Kier alpha value is -0.910. The van der Waals surface area contributed by atoms with Crippen molar-refractivity contribution < 1.29 is 14.6 Å². The van der Waals surface area contributed by atoms with Crippen LogP contribution >= 0.6 is 15.9 Å². The van der Waals surface area contributed by atoms with E-state index in [1.807, 2.05) is 19.9 Å². The fourth-order valence-electron chi connectivity index (χ4n) is 1.58. The molecule has 100 valence electrons. The molecule has 0 radical (unpaired) electrons. The number of ether oxygens (including phenoxy) is 1. The average molecular weight is 316 g/mol. The number of carbonyl (C=O) groups is 1. The van der Waals surface area contributed by atoms with Crippen LogP contribution in [-0.2, 0) is 11.3 Å². The molecule has 1 unspecified atom stereocenters. The molecule has 0 bridgehead atoms. The summed E-state index contributed by atoms with van der Waals surface area (Å²) in [5, 5.41) is 12.1. The van der Waals surface area contributed by atoms with E-state index < -0.39 is 5.97 Å². The fourth-order valence-corrected chi connectivity index (χ4v) is 2.10. The van der Waals surface area contributed by atoms with Gasteiger partial charge in [-0.3, -0.25) is 0 Å².